The molecule has 2 heterocycles. The van der Waals surface area contributed by atoms with Crippen molar-refractivity contribution in [3.63, 3.8) is 0 Å². The van der Waals surface area contributed by atoms with E-state index in [0.29, 0.717) is 18.2 Å². The Morgan fingerprint density at radius 3 is 2.60 bits per heavy atom. The summed E-state index contributed by atoms with van der Waals surface area (Å²) in [6, 6.07) is 24.3. The van der Waals surface area contributed by atoms with Crippen LogP contribution >= 0.6 is 11.8 Å². The van der Waals surface area contributed by atoms with Crippen molar-refractivity contribution >= 4 is 33.7 Å². The van der Waals surface area contributed by atoms with Crippen molar-refractivity contribution in [2.45, 2.75) is 26.9 Å². The molecule has 0 fully saturated rings. The number of hydrogen-bond donors (Lipinski definition) is 0. The van der Waals surface area contributed by atoms with E-state index in [0.717, 1.165) is 51.6 Å². The number of ether oxygens (including phenoxy) is 1. The van der Waals surface area contributed by atoms with E-state index in [1.54, 1.807) is 12.1 Å². The van der Waals surface area contributed by atoms with Gasteiger partial charge >= 0.3 is 5.24 Å². The molecule has 3 aromatic carbocycles. The molecular weight excluding hydrogens is 456 g/mol. The van der Waals surface area contributed by atoms with Gasteiger partial charge in [0.15, 0.2) is 0 Å². The molecule has 0 radical (unpaired) electrons. The molecule has 0 unspecified atom stereocenters. The summed E-state index contributed by atoms with van der Waals surface area (Å²) < 4.78 is 7.72. The van der Waals surface area contributed by atoms with Gasteiger partial charge in [-0.2, -0.15) is 5.10 Å². The van der Waals surface area contributed by atoms with Gasteiger partial charge in [0.05, 0.1) is 30.4 Å². The molecule has 0 N–H and O–H groups in total. The number of carbonyl (C=O) groups excluding carboxylic acids is 1. The lowest BCUT2D eigenvalue weighted by molar-refractivity contribution is 0.222. The summed E-state index contributed by atoms with van der Waals surface area (Å²) in [5.41, 5.74) is 5.95. The molecule has 0 aliphatic carbocycles. The van der Waals surface area contributed by atoms with E-state index in [4.69, 9.17) is 14.8 Å². The Balaban J connectivity index is 1.53. The molecule has 6 nitrogen and oxygen atoms in total. The fourth-order valence-electron chi connectivity index (χ4n) is 4.26. The third-order valence-electron chi connectivity index (χ3n) is 5.92. The van der Waals surface area contributed by atoms with Crippen LogP contribution in [0.4, 0.5) is 4.79 Å². The van der Waals surface area contributed by atoms with Gasteiger partial charge in [-0.25, -0.2) is 9.99 Å². The molecule has 1 aliphatic heterocycles. The molecular formula is C28H28N4O2S. The highest BCUT2D eigenvalue weighted by Gasteiger charge is 2.23. The Hall–Kier alpha value is -3.58. The predicted octanol–water partition coefficient (Wildman–Crippen LogP) is 6.44. The first kappa shape index (κ1) is 23.2. The van der Waals surface area contributed by atoms with Crippen LogP contribution in [0, 0.1) is 5.92 Å². The number of hydrogen-bond acceptors (Lipinski definition) is 5. The lowest BCUT2D eigenvalue weighted by Gasteiger charge is -2.23. The standard InChI is InChI=1S/C28H28N4O2S/c1-19(2)16-31-26-13-12-21(15-24(26)29-27(31)22-10-7-11-23(14-22)34-3)25-18-35-28(33)32(30-25)17-20-8-5-4-6-9-20/h4-15,19H,16-18H2,1-3H3. The number of methoxy groups -OCH3 is 1. The molecule has 0 bridgehead atoms. The van der Waals surface area contributed by atoms with Crippen molar-refractivity contribution in [3.05, 3.63) is 83.9 Å². The summed E-state index contributed by atoms with van der Waals surface area (Å²) in [7, 11) is 1.68. The van der Waals surface area contributed by atoms with Gasteiger partial charge in [-0.05, 0) is 35.7 Å². The highest BCUT2D eigenvalue weighted by atomic mass is 32.2. The number of thioether (sulfide) groups is 1. The van der Waals surface area contributed by atoms with Crippen LogP contribution < -0.4 is 4.74 Å². The zero-order chi connectivity index (χ0) is 24.4. The molecule has 0 saturated carbocycles. The van der Waals surface area contributed by atoms with Crippen molar-refractivity contribution < 1.29 is 9.53 Å². The summed E-state index contributed by atoms with van der Waals surface area (Å²) in [6.07, 6.45) is 0. The SMILES string of the molecule is COc1cccc(-c2nc3cc(C4=NN(Cc5ccccc5)C(=O)SC4)ccc3n2CC(C)C)c1. The second kappa shape index (κ2) is 9.96. The molecule has 1 amide bonds. The van der Waals surface area contributed by atoms with Crippen LogP contribution in [0.5, 0.6) is 5.75 Å². The van der Waals surface area contributed by atoms with Crippen molar-refractivity contribution in [2.75, 3.05) is 12.9 Å². The van der Waals surface area contributed by atoms with E-state index in [-0.39, 0.29) is 5.24 Å². The zero-order valence-corrected chi connectivity index (χ0v) is 21.0. The summed E-state index contributed by atoms with van der Waals surface area (Å²) in [6.45, 7) is 5.74. The number of fused-ring (bicyclic) bond motifs is 1. The topological polar surface area (TPSA) is 59.7 Å². The summed E-state index contributed by atoms with van der Waals surface area (Å²) in [4.78, 5) is 17.5. The summed E-state index contributed by atoms with van der Waals surface area (Å²) >= 11 is 1.29. The van der Waals surface area contributed by atoms with Crippen LogP contribution in [-0.2, 0) is 13.1 Å². The Morgan fingerprint density at radius 1 is 1.00 bits per heavy atom. The largest absolute Gasteiger partial charge is 0.497 e. The van der Waals surface area contributed by atoms with Crippen LogP contribution in [0.25, 0.3) is 22.4 Å². The molecule has 1 aromatic heterocycles. The summed E-state index contributed by atoms with van der Waals surface area (Å²) in [5, 5.41) is 6.25. The highest BCUT2D eigenvalue weighted by Crippen LogP contribution is 2.30. The molecule has 0 spiro atoms. The maximum Gasteiger partial charge on any atom is 0.302 e. The van der Waals surface area contributed by atoms with Crippen LogP contribution in [0.3, 0.4) is 0 Å². The first-order valence-electron chi connectivity index (χ1n) is 11.7. The molecule has 4 aromatic rings. The average Bonchev–Trinajstić information content (AvgIpc) is 3.23. The quantitative estimate of drug-likeness (QED) is 0.303. The van der Waals surface area contributed by atoms with Crippen LogP contribution in [-0.4, -0.2) is 38.4 Å². The number of benzene rings is 3. The normalized spacial score (nSPS) is 14.0. The number of rotatable bonds is 7. The fraction of sp³-hybridized carbons (Fsp3) is 0.250. The highest BCUT2D eigenvalue weighted by molar-refractivity contribution is 8.14. The number of amides is 1. The number of hydrazone groups is 1. The maximum absolute atomic E-state index is 12.5. The number of aromatic nitrogens is 2. The smallest absolute Gasteiger partial charge is 0.302 e. The van der Waals surface area contributed by atoms with E-state index >= 15 is 0 Å². The van der Waals surface area contributed by atoms with Gasteiger partial charge in [-0.1, -0.05) is 74.1 Å². The lowest BCUT2D eigenvalue weighted by Crippen LogP contribution is -2.29. The van der Waals surface area contributed by atoms with E-state index in [1.165, 1.54) is 11.8 Å². The average molecular weight is 485 g/mol. The fourth-order valence-corrected chi connectivity index (χ4v) is 5.00. The van der Waals surface area contributed by atoms with Gasteiger partial charge in [0.2, 0.25) is 0 Å². The van der Waals surface area contributed by atoms with Crippen molar-refractivity contribution in [2.24, 2.45) is 11.0 Å². The molecule has 5 rings (SSSR count). The van der Waals surface area contributed by atoms with Crippen LogP contribution in [0.15, 0.2) is 77.9 Å². The molecule has 7 heteroatoms. The van der Waals surface area contributed by atoms with Gasteiger partial charge in [-0.3, -0.25) is 4.79 Å². The minimum Gasteiger partial charge on any atom is -0.497 e. The minimum atomic E-state index is -0.0276. The lowest BCUT2D eigenvalue weighted by atomic mass is 10.1. The van der Waals surface area contributed by atoms with E-state index in [1.807, 2.05) is 48.5 Å². The van der Waals surface area contributed by atoms with Crippen molar-refractivity contribution in [1.82, 2.24) is 14.6 Å². The van der Waals surface area contributed by atoms with Gasteiger partial charge in [0.1, 0.15) is 11.6 Å². The zero-order valence-electron chi connectivity index (χ0n) is 20.1. The van der Waals surface area contributed by atoms with Crippen molar-refractivity contribution in [1.29, 1.82) is 0 Å². The van der Waals surface area contributed by atoms with Crippen LogP contribution in [0.1, 0.15) is 25.0 Å². The molecule has 0 atom stereocenters. The summed E-state index contributed by atoms with van der Waals surface area (Å²) in [5.74, 6) is 2.74. The monoisotopic (exact) mass is 484 g/mol. The van der Waals surface area contributed by atoms with Crippen LogP contribution in [0.2, 0.25) is 0 Å². The molecule has 1 aliphatic rings. The second-order valence-corrected chi connectivity index (χ2v) is 9.95. The number of carbonyl (C=O) groups is 1. The van der Waals surface area contributed by atoms with Gasteiger partial charge in [0, 0.05) is 23.4 Å². The Bertz CT molecular complexity index is 1390. The third-order valence-corrected chi connectivity index (χ3v) is 6.79. The van der Waals surface area contributed by atoms with Gasteiger partial charge in [-0.15, -0.1) is 0 Å². The molecule has 178 valence electrons. The number of imidazole rings is 1. The molecule has 35 heavy (non-hydrogen) atoms. The first-order chi connectivity index (χ1) is 17.0. The van der Waals surface area contributed by atoms with Crippen molar-refractivity contribution in [3.8, 4) is 17.1 Å². The molecule has 0 saturated heterocycles. The predicted molar refractivity (Wildman–Crippen MR) is 143 cm³/mol. The Morgan fingerprint density at radius 2 is 1.83 bits per heavy atom. The Kier molecular flexibility index (Phi) is 6.59. The first-order valence-corrected chi connectivity index (χ1v) is 12.7. The Labute approximate surface area is 209 Å². The van der Waals surface area contributed by atoms with E-state index < -0.39 is 0 Å². The van der Waals surface area contributed by atoms with E-state index in [9.17, 15) is 4.79 Å². The number of nitrogens with zero attached hydrogens (tertiary/aromatic N) is 4. The third kappa shape index (κ3) is 4.95. The van der Waals surface area contributed by atoms with Gasteiger partial charge in [0.25, 0.3) is 0 Å². The van der Waals surface area contributed by atoms with E-state index in [2.05, 4.69) is 42.7 Å². The second-order valence-electron chi connectivity index (χ2n) is 9.02. The van der Waals surface area contributed by atoms with Gasteiger partial charge < -0.3 is 9.30 Å². The maximum atomic E-state index is 12.5. The minimum absolute atomic E-state index is 0.0276.